The van der Waals surface area contributed by atoms with Crippen LogP contribution < -0.4 is 9.64 Å². The van der Waals surface area contributed by atoms with Crippen molar-refractivity contribution in [1.29, 1.82) is 0 Å². The summed E-state index contributed by atoms with van der Waals surface area (Å²) < 4.78 is 10.9. The molecule has 0 radical (unpaired) electrons. The Hall–Kier alpha value is -2.53. The highest BCUT2D eigenvalue weighted by atomic mass is 35.5. The van der Waals surface area contributed by atoms with E-state index in [9.17, 15) is 9.59 Å². The highest BCUT2D eigenvalue weighted by Crippen LogP contribution is 2.32. The summed E-state index contributed by atoms with van der Waals surface area (Å²) in [6, 6.07) is 13.2. The number of benzene rings is 2. The molecule has 0 fully saturated rings. The van der Waals surface area contributed by atoms with Crippen LogP contribution in [0.25, 0.3) is 0 Å². The van der Waals surface area contributed by atoms with Crippen LogP contribution in [-0.2, 0) is 27.2 Å². The first kappa shape index (κ1) is 17.9. The molecule has 140 valence electrons. The average molecular weight is 386 g/mol. The molecule has 0 aromatic heterocycles. The molecular weight excluding hydrogens is 366 g/mol. The molecule has 1 amide bonds. The predicted octanol–water partition coefficient (Wildman–Crippen LogP) is 3.41. The van der Waals surface area contributed by atoms with Gasteiger partial charge in [-0.1, -0.05) is 29.8 Å². The van der Waals surface area contributed by atoms with Crippen LogP contribution >= 0.6 is 11.6 Å². The number of nitrogens with zero attached hydrogens (tertiary/aromatic N) is 1. The maximum atomic E-state index is 12.6. The Kier molecular flexibility index (Phi) is 4.79. The molecule has 0 aliphatic carbocycles. The SMILES string of the molecule is C[C@@H]1Cc2ccccc2N1C(=O)COC(=O)[C@@H]1COc2ccc(Cl)cc2C1. The second kappa shape index (κ2) is 7.24. The summed E-state index contributed by atoms with van der Waals surface area (Å²) in [5, 5.41) is 0.600. The van der Waals surface area contributed by atoms with Crippen LogP contribution in [0.4, 0.5) is 5.69 Å². The van der Waals surface area contributed by atoms with Crippen molar-refractivity contribution >= 4 is 29.2 Å². The largest absolute Gasteiger partial charge is 0.492 e. The lowest BCUT2D eigenvalue weighted by atomic mass is 9.97. The standard InChI is InChI=1S/C21H20ClNO4/c1-13-8-14-4-2-3-5-18(14)23(13)20(24)12-27-21(25)16-9-15-10-17(22)6-7-19(15)26-11-16/h2-7,10,13,16H,8-9,11-12H2,1H3/t13-,16+/m1/s1. The first-order valence-electron chi connectivity index (χ1n) is 9.01. The molecule has 0 saturated carbocycles. The van der Waals surface area contributed by atoms with Crippen molar-refractivity contribution in [3.05, 3.63) is 58.6 Å². The normalized spacial score (nSPS) is 20.4. The fourth-order valence-corrected chi connectivity index (χ4v) is 3.98. The number of ether oxygens (including phenoxy) is 2. The van der Waals surface area contributed by atoms with E-state index in [4.69, 9.17) is 21.1 Å². The van der Waals surface area contributed by atoms with Gasteiger partial charge in [0, 0.05) is 16.8 Å². The van der Waals surface area contributed by atoms with Crippen molar-refractivity contribution < 1.29 is 19.1 Å². The van der Waals surface area contributed by atoms with Crippen LogP contribution in [0.3, 0.4) is 0 Å². The van der Waals surface area contributed by atoms with E-state index in [1.807, 2.05) is 31.2 Å². The van der Waals surface area contributed by atoms with Crippen molar-refractivity contribution in [2.45, 2.75) is 25.8 Å². The number of carbonyl (C=O) groups is 2. The molecule has 0 saturated heterocycles. The maximum absolute atomic E-state index is 12.6. The zero-order valence-electron chi connectivity index (χ0n) is 15.0. The molecular formula is C21H20ClNO4. The van der Waals surface area contributed by atoms with Gasteiger partial charge >= 0.3 is 5.97 Å². The summed E-state index contributed by atoms with van der Waals surface area (Å²) >= 11 is 6.01. The molecule has 6 heteroatoms. The van der Waals surface area contributed by atoms with Crippen LogP contribution in [-0.4, -0.2) is 31.1 Å². The summed E-state index contributed by atoms with van der Waals surface area (Å²) in [5.74, 6) is -0.329. The number of hydrogen-bond acceptors (Lipinski definition) is 4. The quantitative estimate of drug-likeness (QED) is 0.760. The summed E-state index contributed by atoms with van der Waals surface area (Å²) in [4.78, 5) is 26.8. The highest BCUT2D eigenvalue weighted by molar-refractivity contribution is 6.30. The van der Waals surface area contributed by atoms with Crippen molar-refractivity contribution in [1.82, 2.24) is 0 Å². The lowest BCUT2D eigenvalue weighted by Crippen LogP contribution is -2.40. The second-order valence-corrected chi connectivity index (χ2v) is 7.45. The lowest BCUT2D eigenvalue weighted by molar-refractivity contribution is -0.153. The van der Waals surface area contributed by atoms with E-state index in [2.05, 4.69) is 0 Å². The van der Waals surface area contributed by atoms with E-state index >= 15 is 0 Å². The fourth-order valence-electron chi connectivity index (χ4n) is 3.78. The van der Waals surface area contributed by atoms with E-state index in [0.29, 0.717) is 11.4 Å². The van der Waals surface area contributed by atoms with Crippen LogP contribution in [0.15, 0.2) is 42.5 Å². The number of amides is 1. The summed E-state index contributed by atoms with van der Waals surface area (Å²) in [6.07, 6.45) is 1.30. The van der Waals surface area contributed by atoms with Crippen molar-refractivity contribution in [2.24, 2.45) is 5.92 Å². The van der Waals surface area contributed by atoms with E-state index < -0.39 is 11.9 Å². The fraction of sp³-hybridized carbons (Fsp3) is 0.333. The average Bonchev–Trinajstić information content (AvgIpc) is 3.01. The number of para-hydroxylation sites is 1. The molecule has 4 rings (SSSR count). The first-order chi connectivity index (χ1) is 13.0. The van der Waals surface area contributed by atoms with Gasteiger partial charge in [0.25, 0.3) is 5.91 Å². The lowest BCUT2D eigenvalue weighted by Gasteiger charge is -2.25. The Balaban J connectivity index is 1.38. The smallest absolute Gasteiger partial charge is 0.313 e. The summed E-state index contributed by atoms with van der Waals surface area (Å²) in [7, 11) is 0. The Morgan fingerprint density at radius 1 is 1.19 bits per heavy atom. The number of esters is 1. The van der Waals surface area contributed by atoms with E-state index in [-0.39, 0.29) is 25.2 Å². The Labute approximate surface area is 162 Å². The summed E-state index contributed by atoms with van der Waals surface area (Å²) in [5.41, 5.74) is 2.92. The third-order valence-corrected chi connectivity index (χ3v) is 5.31. The molecule has 2 aliphatic rings. The van der Waals surface area contributed by atoms with Crippen LogP contribution in [0.1, 0.15) is 18.1 Å². The number of halogens is 1. The molecule has 0 spiro atoms. The van der Waals surface area contributed by atoms with Crippen LogP contribution in [0, 0.1) is 5.92 Å². The Morgan fingerprint density at radius 3 is 2.85 bits per heavy atom. The van der Waals surface area contributed by atoms with Gasteiger partial charge in [0.1, 0.15) is 12.4 Å². The van der Waals surface area contributed by atoms with Crippen molar-refractivity contribution in [2.75, 3.05) is 18.1 Å². The van der Waals surface area contributed by atoms with Gasteiger partial charge in [-0.25, -0.2) is 0 Å². The molecule has 2 aromatic carbocycles. The molecule has 0 bridgehead atoms. The zero-order valence-corrected chi connectivity index (χ0v) is 15.7. The van der Waals surface area contributed by atoms with Gasteiger partial charge in [-0.3, -0.25) is 9.59 Å². The highest BCUT2D eigenvalue weighted by Gasteiger charge is 2.32. The number of fused-ring (bicyclic) bond motifs is 2. The third kappa shape index (κ3) is 3.52. The molecule has 2 aromatic rings. The van der Waals surface area contributed by atoms with Crippen LogP contribution in [0.5, 0.6) is 5.75 Å². The maximum Gasteiger partial charge on any atom is 0.313 e. The molecule has 2 heterocycles. The van der Waals surface area contributed by atoms with Crippen LogP contribution in [0.2, 0.25) is 5.02 Å². The number of rotatable bonds is 3. The first-order valence-corrected chi connectivity index (χ1v) is 9.38. The number of carbonyl (C=O) groups excluding carboxylic acids is 2. The van der Waals surface area contributed by atoms with Gasteiger partial charge in [-0.15, -0.1) is 0 Å². The minimum absolute atomic E-state index is 0.0561. The van der Waals surface area contributed by atoms with E-state index in [0.717, 1.165) is 29.0 Å². The summed E-state index contributed by atoms with van der Waals surface area (Å²) in [6.45, 7) is 1.97. The molecule has 0 unspecified atom stereocenters. The molecule has 0 N–H and O–H groups in total. The Morgan fingerprint density at radius 2 is 2.00 bits per heavy atom. The topological polar surface area (TPSA) is 55.8 Å². The second-order valence-electron chi connectivity index (χ2n) is 7.02. The van der Waals surface area contributed by atoms with Gasteiger partial charge in [0.05, 0.1) is 5.92 Å². The predicted molar refractivity (Wildman–Crippen MR) is 102 cm³/mol. The molecule has 2 atom stereocenters. The minimum Gasteiger partial charge on any atom is -0.492 e. The van der Waals surface area contributed by atoms with Crippen molar-refractivity contribution in [3.63, 3.8) is 0 Å². The monoisotopic (exact) mass is 385 g/mol. The van der Waals surface area contributed by atoms with Gasteiger partial charge in [-0.2, -0.15) is 0 Å². The third-order valence-electron chi connectivity index (χ3n) is 5.08. The number of anilines is 1. The zero-order chi connectivity index (χ0) is 19.0. The van der Waals surface area contributed by atoms with E-state index in [1.54, 1.807) is 23.1 Å². The van der Waals surface area contributed by atoms with Gasteiger partial charge in [0.2, 0.25) is 0 Å². The van der Waals surface area contributed by atoms with Gasteiger partial charge < -0.3 is 14.4 Å². The van der Waals surface area contributed by atoms with Gasteiger partial charge in [0.15, 0.2) is 6.61 Å². The van der Waals surface area contributed by atoms with Gasteiger partial charge in [-0.05, 0) is 55.2 Å². The van der Waals surface area contributed by atoms with E-state index in [1.165, 1.54) is 0 Å². The molecule has 5 nitrogen and oxygen atoms in total. The van der Waals surface area contributed by atoms with Crippen molar-refractivity contribution in [3.8, 4) is 5.75 Å². The molecule has 27 heavy (non-hydrogen) atoms. The number of hydrogen-bond donors (Lipinski definition) is 0. The minimum atomic E-state index is -0.438. The Bertz CT molecular complexity index is 898. The molecule has 2 aliphatic heterocycles.